The average Bonchev–Trinajstić information content (AvgIpc) is 2.30. The molecule has 5 heteroatoms. The van der Waals surface area contributed by atoms with E-state index in [1.165, 1.54) is 0 Å². The maximum atomic E-state index is 5.47. The summed E-state index contributed by atoms with van der Waals surface area (Å²) in [6, 6.07) is 11.9. The number of halogens is 2. The molecule has 3 nitrogen and oxygen atoms in total. The third kappa shape index (κ3) is 3.45. The summed E-state index contributed by atoms with van der Waals surface area (Å²) in [6.07, 6.45) is 1.73. The molecule has 0 bridgehead atoms. The minimum absolute atomic E-state index is 0. The molecule has 2 aromatic rings. The van der Waals surface area contributed by atoms with Gasteiger partial charge in [-0.3, -0.25) is 0 Å². The Balaban J connectivity index is 0.00000112. The van der Waals surface area contributed by atoms with E-state index in [1.54, 1.807) is 6.20 Å². The van der Waals surface area contributed by atoms with Gasteiger partial charge in [0.2, 0.25) is 0 Å². The summed E-state index contributed by atoms with van der Waals surface area (Å²) in [7, 11) is 0. The van der Waals surface area contributed by atoms with Crippen LogP contribution < -0.4 is 5.73 Å². The molecular weight excluding hydrogens is 245 g/mol. The monoisotopic (exact) mass is 257 g/mol. The Morgan fingerprint density at radius 2 is 1.69 bits per heavy atom. The fraction of sp³-hybridized carbons (Fsp3) is 0.0909. The fourth-order valence-corrected chi connectivity index (χ4v) is 1.27. The lowest BCUT2D eigenvalue weighted by molar-refractivity contribution is 0.912. The summed E-state index contributed by atoms with van der Waals surface area (Å²) in [4.78, 5) is 8.37. The maximum Gasteiger partial charge on any atom is 0.142 e. The van der Waals surface area contributed by atoms with Crippen LogP contribution in [0.4, 0.5) is 0 Å². The molecule has 86 valence electrons. The van der Waals surface area contributed by atoms with Gasteiger partial charge in [0.25, 0.3) is 0 Å². The molecular formula is C11H13Cl2N3. The third-order valence-electron chi connectivity index (χ3n) is 1.96. The second-order valence-electron chi connectivity index (χ2n) is 2.93. The summed E-state index contributed by atoms with van der Waals surface area (Å²) in [5, 5.41) is 0. The number of benzene rings is 1. The largest absolute Gasteiger partial charge is 0.324 e. The van der Waals surface area contributed by atoms with Crippen LogP contribution in [0, 0.1) is 0 Å². The van der Waals surface area contributed by atoms with Crippen molar-refractivity contribution in [2.24, 2.45) is 5.73 Å². The normalized spacial score (nSPS) is 8.81. The predicted molar refractivity (Wildman–Crippen MR) is 69.9 cm³/mol. The van der Waals surface area contributed by atoms with Crippen molar-refractivity contribution in [1.29, 1.82) is 0 Å². The lowest BCUT2D eigenvalue weighted by atomic mass is 10.1. The minimum Gasteiger partial charge on any atom is -0.324 e. The first-order valence-electron chi connectivity index (χ1n) is 4.47. The highest BCUT2D eigenvalue weighted by Gasteiger charge is 1.99. The standard InChI is InChI=1S/C11H11N3.2ClH/c12-8-11-13-7-6-10(14-11)9-4-2-1-3-5-9;;/h1-7H,8,12H2;2*1H. The van der Waals surface area contributed by atoms with Crippen LogP contribution >= 0.6 is 24.8 Å². The van der Waals surface area contributed by atoms with E-state index >= 15 is 0 Å². The SMILES string of the molecule is Cl.Cl.NCc1nccc(-c2ccccc2)n1. The quantitative estimate of drug-likeness (QED) is 0.900. The summed E-state index contributed by atoms with van der Waals surface area (Å²) in [5.41, 5.74) is 7.48. The van der Waals surface area contributed by atoms with Gasteiger partial charge >= 0.3 is 0 Å². The van der Waals surface area contributed by atoms with Gasteiger partial charge in [-0.15, -0.1) is 24.8 Å². The molecule has 0 spiro atoms. The van der Waals surface area contributed by atoms with Crippen molar-refractivity contribution in [3.8, 4) is 11.3 Å². The van der Waals surface area contributed by atoms with Crippen molar-refractivity contribution in [3.05, 3.63) is 48.4 Å². The Hall–Kier alpha value is -1.16. The van der Waals surface area contributed by atoms with Gasteiger partial charge in [-0.1, -0.05) is 30.3 Å². The number of hydrogen-bond donors (Lipinski definition) is 1. The van der Waals surface area contributed by atoms with Crippen molar-refractivity contribution in [1.82, 2.24) is 9.97 Å². The van der Waals surface area contributed by atoms with Crippen LogP contribution in [0.1, 0.15) is 5.82 Å². The van der Waals surface area contributed by atoms with Gasteiger partial charge in [0.05, 0.1) is 12.2 Å². The van der Waals surface area contributed by atoms with Gasteiger partial charge in [0.1, 0.15) is 5.82 Å². The molecule has 0 aliphatic rings. The molecule has 0 amide bonds. The molecule has 16 heavy (non-hydrogen) atoms. The topological polar surface area (TPSA) is 51.8 Å². The molecule has 1 heterocycles. The van der Waals surface area contributed by atoms with Gasteiger partial charge in [-0.2, -0.15) is 0 Å². The second-order valence-corrected chi connectivity index (χ2v) is 2.93. The molecule has 0 saturated carbocycles. The molecule has 0 saturated heterocycles. The Morgan fingerprint density at radius 3 is 2.31 bits per heavy atom. The summed E-state index contributed by atoms with van der Waals surface area (Å²) in [6.45, 7) is 0.376. The lowest BCUT2D eigenvalue weighted by Gasteiger charge is -2.01. The van der Waals surface area contributed by atoms with Crippen molar-refractivity contribution in [2.75, 3.05) is 0 Å². The van der Waals surface area contributed by atoms with E-state index in [2.05, 4.69) is 9.97 Å². The second kappa shape index (κ2) is 7.17. The first-order chi connectivity index (χ1) is 6.90. The van der Waals surface area contributed by atoms with Crippen molar-refractivity contribution in [3.63, 3.8) is 0 Å². The van der Waals surface area contributed by atoms with E-state index in [0.29, 0.717) is 12.4 Å². The molecule has 0 fully saturated rings. The van der Waals surface area contributed by atoms with Crippen LogP contribution in [-0.2, 0) is 6.54 Å². The first-order valence-corrected chi connectivity index (χ1v) is 4.47. The van der Waals surface area contributed by atoms with Crippen LogP contribution in [0.15, 0.2) is 42.6 Å². The highest BCUT2D eigenvalue weighted by atomic mass is 35.5. The van der Waals surface area contributed by atoms with Gasteiger partial charge in [0.15, 0.2) is 0 Å². The van der Waals surface area contributed by atoms with Gasteiger partial charge in [0, 0.05) is 11.8 Å². The number of hydrogen-bond acceptors (Lipinski definition) is 3. The number of nitrogens with zero attached hydrogens (tertiary/aromatic N) is 2. The zero-order valence-electron chi connectivity index (χ0n) is 8.54. The molecule has 0 atom stereocenters. The van der Waals surface area contributed by atoms with Crippen LogP contribution in [0.3, 0.4) is 0 Å². The molecule has 1 aromatic carbocycles. The highest BCUT2D eigenvalue weighted by Crippen LogP contribution is 2.14. The van der Waals surface area contributed by atoms with E-state index in [1.807, 2.05) is 36.4 Å². The van der Waals surface area contributed by atoms with E-state index < -0.39 is 0 Å². The van der Waals surface area contributed by atoms with E-state index in [9.17, 15) is 0 Å². The summed E-state index contributed by atoms with van der Waals surface area (Å²) < 4.78 is 0. The fourth-order valence-electron chi connectivity index (χ4n) is 1.27. The van der Waals surface area contributed by atoms with Crippen LogP contribution in [0.2, 0.25) is 0 Å². The molecule has 2 rings (SSSR count). The number of aromatic nitrogens is 2. The predicted octanol–water partition coefficient (Wildman–Crippen LogP) is 2.45. The van der Waals surface area contributed by atoms with E-state index in [-0.39, 0.29) is 24.8 Å². The van der Waals surface area contributed by atoms with Crippen LogP contribution in [0.25, 0.3) is 11.3 Å². The third-order valence-corrected chi connectivity index (χ3v) is 1.96. The first kappa shape index (κ1) is 14.8. The zero-order chi connectivity index (χ0) is 9.80. The van der Waals surface area contributed by atoms with Crippen molar-refractivity contribution >= 4 is 24.8 Å². The Bertz CT molecular complexity index is 421. The molecule has 0 aliphatic carbocycles. The smallest absolute Gasteiger partial charge is 0.142 e. The molecule has 2 N–H and O–H groups in total. The molecule has 0 radical (unpaired) electrons. The van der Waals surface area contributed by atoms with Gasteiger partial charge in [-0.05, 0) is 6.07 Å². The highest BCUT2D eigenvalue weighted by molar-refractivity contribution is 5.85. The van der Waals surface area contributed by atoms with E-state index in [4.69, 9.17) is 5.73 Å². The summed E-state index contributed by atoms with van der Waals surface area (Å²) in [5.74, 6) is 0.673. The number of rotatable bonds is 2. The van der Waals surface area contributed by atoms with Crippen molar-refractivity contribution in [2.45, 2.75) is 6.54 Å². The van der Waals surface area contributed by atoms with Crippen molar-refractivity contribution < 1.29 is 0 Å². The number of nitrogens with two attached hydrogens (primary N) is 1. The van der Waals surface area contributed by atoms with E-state index in [0.717, 1.165) is 11.3 Å². The minimum atomic E-state index is 0. The lowest BCUT2D eigenvalue weighted by Crippen LogP contribution is -2.02. The Kier molecular flexibility index (Phi) is 6.65. The zero-order valence-corrected chi connectivity index (χ0v) is 10.2. The summed E-state index contributed by atoms with van der Waals surface area (Å²) >= 11 is 0. The van der Waals surface area contributed by atoms with Crippen LogP contribution in [0.5, 0.6) is 0 Å². The molecule has 1 aromatic heterocycles. The maximum absolute atomic E-state index is 5.47. The Labute approximate surface area is 107 Å². The molecule has 0 aliphatic heterocycles. The van der Waals surface area contributed by atoms with Gasteiger partial charge < -0.3 is 5.73 Å². The average molecular weight is 258 g/mol. The van der Waals surface area contributed by atoms with Crippen LogP contribution in [-0.4, -0.2) is 9.97 Å². The molecule has 0 unspecified atom stereocenters. The van der Waals surface area contributed by atoms with Gasteiger partial charge in [-0.25, -0.2) is 9.97 Å². The Morgan fingerprint density at radius 1 is 1.00 bits per heavy atom.